The summed E-state index contributed by atoms with van der Waals surface area (Å²) in [5.74, 6) is -2.79. The van der Waals surface area contributed by atoms with Gasteiger partial charge in [0.25, 0.3) is 0 Å². The van der Waals surface area contributed by atoms with Gasteiger partial charge in [0, 0.05) is 19.0 Å². The van der Waals surface area contributed by atoms with E-state index in [1.54, 1.807) is 11.8 Å². The van der Waals surface area contributed by atoms with Crippen molar-refractivity contribution in [1.29, 1.82) is 5.26 Å². The summed E-state index contributed by atoms with van der Waals surface area (Å²) in [5.41, 5.74) is 0.140. The number of piperidine rings is 1. The maximum Gasteiger partial charge on any atom is 0.340 e. The molecule has 1 aliphatic heterocycles. The van der Waals surface area contributed by atoms with E-state index in [-0.39, 0.29) is 55.2 Å². The zero-order valence-electron chi connectivity index (χ0n) is 19.0. The van der Waals surface area contributed by atoms with Gasteiger partial charge in [0.1, 0.15) is 24.4 Å². The van der Waals surface area contributed by atoms with E-state index in [0.29, 0.717) is 5.56 Å². The van der Waals surface area contributed by atoms with E-state index in [9.17, 15) is 32.0 Å². The molecule has 0 radical (unpaired) electrons. The van der Waals surface area contributed by atoms with Crippen LogP contribution in [0.2, 0.25) is 0 Å². The van der Waals surface area contributed by atoms with Crippen LogP contribution in [0.3, 0.4) is 0 Å². The highest BCUT2D eigenvalue weighted by atomic mass is 32.2. The number of hydrogen-bond acceptors (Lipinski definition) is 8. The van der Waals surface area contributed by atoms with Gasteiger partial charge in [0.05, 0.1) is 29.2 Å². The summed E-state index contributed by atoms with van der Waals surface area (Å²) in [7, 11) is -3.98. The first-order valence-electron chi connectivity index (χ1n) is 10.9. The number of hydrogen-bond donors (Lipinski definition) is 1. The molecule has 2 aromatic rings. The first-order valence-corrected chi connectivity index (χ1v) is 12.5. The number of alkyl halides is 1. The van der Waals surface area contributed by atoms with Gasteiger partial charge >= 0.3 is 5.97 Å². The molecule has 186 valence electrons. The molecule has 0 bridgehead atoms. The molecule has 1 saturated heterocycles. The fourth-order valence-corrected chi connectivity index (χ4v) is 4.95. The number of rotatable bonds is 8. The SMILES string of the molecule is CCOC(=O)c1cc(C#N)c(N2CCC(C(=O)NS(=O)(=O)Cc3ccc(F)cc3)CC2)nc1CF. The van der Waals surface area contributed by atoms with Crippen LogP contribution in [0.4, 0.5) is 14.6 Å². The smallest absolute Gasteiger partial charge is 0.340 e. The van der Waals surface area contributed by atoms with Gasteiger partial charge in [0.2, 0.25) is 15.9 Å². The number of carbonyl (C=O) groups excluding carboxylic acids is 2. The van der Waals surface area contributed by atoms with Crippen LogP contribution in [-0.2, 0) is 32.0 Å². The zero-order chi connectivity index (χ0) is 25.6. The van der Waals surface area contributed by atoms with Crippen LogP contribution in [-0.4, -0.2) is 45.0 Å². The summed E-state index contributed by atoms with van der Waals surface area (Å²) < 4.78 is 58.3. The van der Waals surface area contributed by atoms with Crippen LogP contribution in [0.15, 0.2) is 30.3 Å². The quantitative estimate of drug-likeness (QED) is 0.541. The Morgan fingerprint density at radius 1 is 1.26 bits per heavy atom. The molecule has 0 unspecified atom stereocenters. The van der Waals surface area contributed by atoms with E-state index in [4.69, 9.17) is 4.74 Å². The first-order chi connectivity index (χ1) is 16.7. The summed E-state index contributed by atoms with van der Waals surface area (Å²) in [5, 5.41) is 9.54. The van der Waals surface area contributed by atoms with E-state index < -0.39 is 46.1 Å². The summed E-state index contributed by atoms with van der Waals surface area (Å²) in [6.07, 6.45) is 0.546. The average Bonchev–Trinajstić information content (AvgIpc) is 2.84. The summed E-state index contributed by atoms with van der Waals surface area (Å²) >= 11 is 0. The van der Waals surface area contributed by atoms with Crippen molar-refractivity contribution in [1.82, 2.24) is 9.71 Å². The Hall–Kier alpha value is -3.59. The number of nitrogens with one attached hydrogen (secondary N) is 1. The summed E-state index contributed by atoms with van der Waals surface area (Å²) in [6.45, 7) is 1.19. The van der Waals surface area contributed by atoms with Crippen molar-refractivity contribution in [3.63, 3.8) is 0 Å². The normalized spacial score (nSPS) is 14.3. The van der Waals surface area contributed by atoms with Crippen LogP contribution in [0.5, 0.6) is 0 Å². The van der Waals surface area contributed by atoms with Crippen molar-refractivity contribution in [3.05, 3.63) is 58.5 Å². The predicted octanol–water partition coefficient (Wildman–Crippen LogP) is 2.60. The molecular formula is C23H24F2N4O5S. The van der Waals surface area contributed by atoms with Crippen molar-refractivity contribution in [3.8, 4) is 6.07 Å². The van der Waals surface area contributed by atoms with Gasteiger partial charge in [-0.25, -0.2) is 27.0 Å². The Bertz CT molecular complexity index is 1240. The van der Waals surface area contributed by atoms with Crippen molar-refractivity contribution >= 4 is 27.7 Å². The van der Waals surface area contributed by atoms with Crippen LogP contribution < -0.4 is 9.62 Å². The number of carbonyl (C=O) groups is 2. The third kappa shape index (κ3) is 6.51. The average molecular weight is 507 g/mol. The fraction of sp³-hybridized carbons (Fsp3) is 0.391. The van der Waals surface area contributed by atoms with E-state index in [0.717, 1.165) is 12.1 Å². The van der Waals surface area contributed by atoms with Gasteiger partial charge in [-0.05, 0) is 43.5 Å². The maximum atomic E-state index is 13.6. The van der Waals surface area contributed by atoms with Crippen LogP contribution in [0.25, 0.3) is 0 Å². The molecule has 2 heterocycles. The maximum absolute atomic E-state index is 13.6. The molecule has 1 aromatic heterocycles. The molecule has 12 heteroatoms. The monoisotopic (exact) mass is 506 g/mol. The number of esters is 1. The van der Waals surface area contributed by atoms with Gasteiger partial charge in [0.15, 0.2) is 0 Å². The standard InChI is InChI=1S/C23H24F2N4O5S/c1-2-34-23(31)19-11-17(13-26)21(27-20(19)12-24)29-9-7-16(8-10-29)22(30)28-35(32,33)14-15-3-5-18(25)6-4-15/h3-6,11,16H,2,7-10,12,14H2,1H3,(H,28,30). The second-order valence-electron chi connectivity index (χ2n) is 7.93. The number of benzene rings is 1. The minimum atomic E-state index is -3.98. The third-order valence-corrected chi connectivity index (χ3v) is 6.74. The molecule has 9 nitrogen and oxygen atoms in total. The van der Waals surface area contributed by atoms with Crippen LogP contribution >= 0.6 is 0 Å². The Morgan fingerprint density at radius 2 is 1.91 bits per heavy atom. The number of pyridine rings is 1. The fourth-order valence-electron chi connectivity index (χ4n) is 3.78. The highest BCUT2D eigenvalue weighted by Crippen LogP contribution is 2.27. The predicted molar refractivity (Wildman–Crippen MR) is 122 cm³/mol. The molecule has 1 aromatic carbocycles. The molecule has 3 rings (SSSR count). The lowest BCUT2D eigenvalue weighted by Gasteiger charge is -2.32. The molecule has 1 N–H and O–H groups in total. The lowest BCUT2D eigenvalue weighted by molar-refractivity contribution is -0.123. The zero-order valence-corrected chi connectivity index (χ0v) is 19.8. The highest BCUT2D eigenvalue weighted by molar-refractivity contribution is 7.89. The number of anilines is 1. The number of aromatic nitrogens is 1. The van der Waals surface area contributed by atoms with Crippen molar-refractivity contribution < 1.29 is 31.5 Å². The van der Waals surface area contributed by atoms with E-state index in [2.05, 4.69) is 9.71 Å². The minimum absolute atomic E-state index is 0.0648. The van der Waals surface area contributed by atoms with Crippen LogP contribution in [0, 0.1) is 23.1 Å². The largest absolute Gasteiger partial charge is 0.462 e. The van der Waals surface area contributed by atoms with Gasteiger partial charge < -0.3 is 9.64 Å². The molecule has 1 aliphatic rings. The van der Waals surface area contributed by atoms with Crippen LogP contribution in [0.1, 0.15) is 46.9 Å². The molecule has 35 heavy (non-hydrogen) atoms. The highest BCUT2D eigenvalue weighted by Gasteiger charge is 2.30. The number of nitriles is 1. The lowest BCUT2D eigenvalue weighted by Crippen LogP contribution is -2.43. The second-order valence-corrected chi connectivity index (χ2v) is 9.66. The minimum Gasteiger partial charge on any atom is -0.462 e. The summed E-state index contributed by atoms with van der Waals surface area (Å²) in [4.78, 5) is 30.5. The molecule has 1 fully saturated rings. The number of sulfonamides is 1. The second kappa shape index (κ2) is 11.2. The van der Waals surface area contributed by atoms with Crippen molar-refractivity contribution in [2.75, 3.05) is 24.6 Å². The topological polar surface area (TPSA) is 129 Å². The van der Waals surface area contributed by atoms with Crippen molar-refractivity contribution in [2.45, 2.75) is 32.2 Å². The Morgan fingerprint density at radius 3 is 2.49 bits per heavy atom. The molecule has 0 saturated carbocycles. The molecular weight excluding hydrogens is 482 g/mol. The van der Waals surface area contributed by atoms with Gasteiger partial charge in [-0.3, -0.25) is 9.52 Å². The number of halogens is 2. The molecule has 0 spiro atoms. The van der Waals surface area contributed by atoms with E-state index >= 15 is 0 Å². The Labute approximate surface area is 201 Å². The number of amides is 1. The number of nitrogens with zero attached hydrogens (tertiary/aromatic N) is 3. The van der Waals surface area contributed by atoms with Gasteiger partial charge in [-0.1, -0.05) is 12.1 Å². The van der Waals surface area contributed by atoms with E-state index in [1.807, 2.05) is 6.07 Å². The third-order valence-electron chi connectivity index (χ3n) is 5.52. The molecule has 0 aliphatic carbocycles. The Balaban J connectivity index is 1.67. The van der Waals surface area contributed by atoms with Gasteiger partial charge in [-0.15, -0.1) is 0 Å². The summed E-state index contributed by atoms with van der Waals surface area (Å²) in [6, 6.07) is 8.14. The Kier molecular flexibility index (Phi) is 8.34. The lowest BCUT2D eigenvalue weighted by atomic mass is 9.96. The molecule has 0 atom stereocenters. The van der Waals surface area contributed by atoms with Crippen molar-refractivity contribution in [2.24, 2.45) is 5.92 Å². The van der Waals surface area contributed by atoms with E-state index in [1.165, 1.54) is 18.2 Å². The number of ether oxygens (including phenoxy) is 1. The van der Waals surface area contributed by atoms with Gasteiger partial charge in [-0.2, -0.15) is 5.26 Å². The molecule has 1 amide bonds. The first kappa shape index (κ1) is 26.0.